The maximum atomic E-state index is 12.0. The summed E-state index contributed by atoms with van der Waals surface area (Å²) in [4.78, 5) is 15.1. The molecule has 0 unspecified atom stereocenters. The molecule has 0 saturated carbocycles. The quantitative estimate of drug-likeness (QED) is 0.774. The molecule has 1 amide bonds. The number of hydrogen-bond acceptors (Lipinski definition) is 2. The predicted molar refractivity (Wildman–Crippen MR) is 65.2 cm³/mol. The Hall–Kier alpha value is -0.830. The molecule has 0 bridgehead atoms. The van der Waals surface area contributed by atoms with Crippen molar-refractivity contribution in [3.8, 4) is 0 Å². The highest BCUT2D eigenvalue weighted by atomic mass is 32.1. The molecule has 1 aromatic heterocycles. The van der Waals surface area contributed by atoms with Gasteiger partial charge >= 0.3 is 0 Å². The molecule has 0 N–H and O–H groups in total. The lowest BCUT2D eigenvalue weighted by atomic mass is 10.1. The van der Waals surface area contributed by atoms with Gasteiger partial charge in [0.1, 0.15) is 0 Å². The fourth-order valence-corrected chi connectivity index (χ4v) is 2.38. The van der Waals surface area contributed by atoms with E-state index in [1.54, 1.807) is 11.3 Å². The highest BCUT2D eigenvalue weighted by Gasteiger charge is 2.24. The minimum absolute atomic E-state index is 0.0803. The van der Waals surface area contributed by atoms with E-state index < -0.39 is 0 Å². The fourth-order valence-electron chi connectivity index (χ4n) is 1.68. The highest BCUT2D eigenvalue weighted by Crippen LogP contribution is 2.16. The molecule has 0 atom stereocenters. The third kappa shape index (κ3) is 3.34. The van der Waals surface area contributed by atoms with Gasteiger partial charge in [-0.2, -0.15) is 0 Å². The van der Waals surface area contributed by atoms with Crippen molar-refractivity contribution in [1.82, 2.24) is 4.90 Å². The van der Waals surface area contributed by atoms with Crippen LogP contribution >= 0.6 is 11.3 Å². The van der Waals surface area contributed by atoms with Crippen molar-refractivity contribution in [1.29, 1.82) is 0 Å². The van der Waals surface area contributed by atoms with E-state index in [0.717, 1.165) is 11.4 Å². The van der Waals surface area contributed by atoms with Gasteiger partial charge in [-0.15, -0.1) is 11.3 Å². The minimum atomic E-state index is -0.0803. The molecule has 0 aliphatic heterocycles. The van der Waals surface area contributed by atoms with E-state index >= 15 is 0 Å². The molecule has 0 spiro atoms. The van der Waals surface area contributed by atoms with Crippen molar-refractivity contribution >= 4 is 17.2 Å². The van der Waals surface area contributed by atoms with Crippen LogP contribution in [0.15, 0.2) is 17.5 Å². The number of rotatable bonds is 3. The van der Waals surface area contributed by atoms with Gasteiger partial charge in [-0.3, -0.25) is 4.79 Å². The maximum absolute atomic E-state index is 12.0. The van der Waals surface area contributed by atoms with Crippen LogP contribution < -0.4 is 0 Å². The molecule has 0 saturated heterocycles. The Morgan fingerprint density at radius 2 is 2.13 bits per heavy atom. The summed E-state index contributed by atoms with van der Waals surface area (Å²) in [6.07, 6.45) is 0.531. The maximum Gasteiger partial charge on any atom is 0.228 e. The number of nitrogens with zero attached hydrogens (tertiary/aromatic N) is 1. The van der Waals surface area contributed by atoms with Gasteiger partial charge in [0.25, 0.3) is 0 Å². The third-order valence-electron chi connectivity index (χ3n) is 2.33. The summed E-state index contributed by atoms with van der Waals surface area (Å²) in [6.45, 7) is 9.01. The Morgan fingerprint density at radius 1 is 1.47 bits per heavy atom. The molecule has 1 rings (SSSR count). The summed E-state index contributed by atoms with van der Waals surface area (Å²) in [6, 6.07) is 4.00. The van der Waals surface area contributed by atoms with Gasteiger partial charge in [-0.1, -0.05) is 6.07 Å². The topological polar surface area (TPSA) is 20.3 Å². The molecular formula is C12H19NOS. The average Bonchev–Trinajstić information content (AvgIpc) is 2.54. The lowest BCUT2D eigenvalue weighted by Crippen LogP contribution is -2.46. The van der Waals surface area contributed by atoms with Crippen LogP contribution in [0.3, 0.4) is 0 Å². The van der Waals surface area contributed by atoms with E-state index in [2.05, 4.69) is 20.8 Å². The van der Waals surface area contributed by atoms with Crippen LogP contribution in [0.1, 0.15) is 32.6 Å². The van der Waals surface area contributed by atoms with E-state index in [-0.39, 0.29) is 11.4 Å². The van der Waals surface area contributed by atoms with Gasteiger partial charge in [0.15, 0.2) is 0 Å². The zero-order valence-electron chi connectivity index (χ0n) is 9.91. The molecule has 1 aromatic rings. The van der Waals surface area contributed by atoms with E-state index in [9.17, 15) is 4.79 Å². The summed E-state index contributed by atoms with van der Waals surface area (Å²) in [7, 11) is 0. The number of likely N-dealkylation sites (N-methyl/N-ethyl adjacent to an activating group) is 1. The monoisotopic (exact) mass is 225 g/mol. The van der Waals surface area contributed by atoms with Gasteiger partial charge in [0.2, 0.25) is 5.91 Å². The normalized spacial score (nSPS) is 11.5. The van der Waals surface area contributed by atoms with Crippen LogP contribution in [0.4, 0.5) is 0 Å². The van der Waals surface area contributed by atoms with Gasteiger partial charge in [-0.25, -0.2) is 0 Å². The molecule has 0 aliphatic rings. The molecule has 0 aliphatic carbocycles. The average molecular weight is 225 g/mol. The minimum Gasteiger partial charge on any atom is -0.338 e. The van der Waals surface area contributed by atoms with Crippen molar-refractivity contribution in [2.24, 2.45) is 0 Å². The van der Waals surface area contributed by atoms with Crippen molar-refractivity contribution in [3.63, 3.8) is 0 Å². The Balaban J connectivity index is 2.67. The molecular weight excluding hydrogens is 206 g/mol. The van der Waals surface area contributed by atoms with Crippen molar-refractivity contribution in [3.05, 3.63) is 22.4 Å². The van der Waals surface area contributed by atoms with Gasteiger partial charge < -0.3 is 4.90 Å². The van der Waals surface area contributed by atoms with Crippen LogP contribution in [0, 0.1) is 0 Å². The fraction of sp³-hybridized carbons (Fsp3) is 0.583. The first-order chi connectivity index (χ1) is 6.95. The van der Waals surface area contributed by atoms with E-state index in [1.807, 2.05) is 29.3 Å². The standard InChI is InChI=1S/C12H19NOS/c1-5-13(12(2,3)4)11(14)9-10-7-6-8-15-10/h6-8H,5,9H2,1-4H3. The SMILES string of the molecule is CCN(C(=O)Cc1cccs1)C(C)(C)C. The Kier molecular flexibility index (Phi) is 3.91. The van der Waals surface area contributed by atoms with Crippen molar-refractivity contribution in [2.45, 2.75) is 39.7 Å². The second-order valence-corrected chi connectivity index (χ2v) is 5.60. The zero-order valence-corrected chi connectivity index (χ0v) is 10.7. The molecule has 3 heteroatoms. The van der Waals surface area contributed by atoms with E-state index in [0.29, 0.717) is 6.42 Å². The number of amides is 1. The van der Waals surface area contributed by atoms with Gasteiger partial charge in [0, 0.05) is 17.0 Å². The molecule has 0 radical (unpaired) electrons. The molecule has 15 heavy (non-hydrogen) atoms. The van der Waals surface area contributed by atoms with Crippen LogP contribution in [-0.4, -0.2) is 22.9 Å². The van der Waals surface area contributed by atoms with Crippen molar-refractivity contribution < 1.29 is 4.79 Å². The largest absolute Gasteiger partial charge is 0.338 e. The number of carbonyl (C=O) groups is 1. The van der Waals surface area contributed by atoms with Crippen molar-refractivity contribution in [2.75, 3.05) is 6.54 Å². The zero-order chi connectivity index (χ0) is 11.5. The molecule has 0 fully saturated rings. The highest BCUT2D eigenvalue weighted by molar-refractivity contribution is 7.10. The smallest absolute Gasteiger partial charge is 0.228 e. The van der Waals surface area contributed by atoms with E-state index in [4.69, 9.17) is 0 Å². The second-order valence-electron chi connectivity index (χ2n) is 4.56. The van der Waals surface area contributed by atoms with Crippen LogP contribution in [-0.2, 0) is 11.2 Å². The summed E-state index contributed by atoms with van der Waals surface area (Å²) in [5.74, 6) is 0.215. The summed E-state index contributed by atoms with van der Waals surface area (Å²) >= 11 is 1.64. The Morgan fingerprint density at radius 3 is 2.53 bits per heavy atom. The lowest BCUT2D eigenvalue weighted by molar-refractivity contribution is -0.134. The van der Waals surface area contributed by atoms with Gasteiger partial charge in [-0.05, 0) is 39.1 Å². The molecule has 2 nitrogen and oxygen atoms in total. The van der Waals surface area contributed by atoms with Crippen LogP contribution in [0.5, 0.6) is 0 Å². The predicted octanol–water partition coefficient (Wildman–Crippen LogP) is 2.94. The first kappa shape index (κ1) is 12.2. The Labute approximate surface area is 95.9 Å². The first-order valence-electron chi connectivity index (χ1n) is 5.28. The van der Waals surface area contributed by atoms with Crippen LogP contribution in [0.25, 0.3) is 0 Å². The molecule has 84 valence electrons. The van der Waals surface area contributed by atoms with Gasteiger partial charge in [0.05, 0.1) is 6.42 Å². The lowest BCUT2D eigenvalue weighted by Gasteiger charge is -2.34. The number of thiophene rings is 1. The number of hydrogen-bond donors (Lipinski definition) is 0. The first-order valence-corrected chi connectivity index (χ1v) is 6.16. The molecule has 1 heterocycles. The van der Waals surface area contributed by atoms with Crippen LogP contribution in [0.2, 0.25) is 0 Å². The summed E-state index contributed by atoms with van der Waals surface area (Å²) in [5, 5.41) is 2.01. The summed E-state index contributed by atoms with van der Waals surface area (Å²) in [5.41, 5.74) is -0.0803. The third-order valence-corrected chi connectivity index (χ3v) is 3.21. The number of carbonyl (C=O) groups excluding carboxylic acids is 1. The molecule has 0 aromatic carbocycles. The van der Waals surface area contributed by atoms with E-state index in [1.165, 1.54) is 0 Å². The Bertz CT molecular complexity index is 311. The summed E-state index contributed by atoms with van der Waals surface area (Å²) < 4.78 is 0. The second kappa shape index (κ2) is 4.79.